The summed E-state index contributed by atoms with van der Waals surface area (Å²) in [6.07, 6.45) is 3.56. The molecule has 1 aromatic carbocycles. The summed E-state index contributed by atoms with van der Waals surface area (Å²) >= 11 is 0. The Morgan fingerprint density at radius 2 is 1.86 bits per heavy atom. The SMILES string of the molecule is CCOc1ccc(-n2ccn3c(C(C)C)nnc3c2=O)cc1. The van der Waals surface area contributed by atoms with Crippen LogP contribution in [-0.4, -0.2) is 25.8 Å². The molecule has 6 heteroatoms. The van der Waals surface area contributed by atoms with Crippen molar-refractivity contribution >= 4 is 5.65 Å². The standard InChI is InChI=1S/C16H18N4O2/c1-4-22-13-7-5-12(6-8-13)19-9-10-20-14(11(2)3)17-18-15(20)16(19)21/h5-11H,4H2,1-3H3. The van der Waals surface area contributed by atoms with Crippen molar-refractivity contribution in [3.05, 3.63) is 52.8 Å². The summed E-state index contributed by atoms with van der Waals surface area (Å²) in [5.41, 5.74) is 0.913. The van der Waals surface area contributed by atoms with Crippen molar-refractivity contribution in [2.24, 2.45) is 0 Å². The molecule has 0 saturated carbocycles. The van der Waals surface area contributed by atoms with Crippen LogP contribution in [-0.2, 0) is 0 Å². The van der Waals surface area contributed by atoms with E-state index in [0.717, 1.165) is 17.3 Å². The molecule has 0 aliphatic rings. The number of aromatic nitrogens is 4. The van der Waals surface area contributed by atoms with Crippen LogP contribution < -0.4 is 10.3 Å². The molecule has 0 amide bonds. The Balaban J connectivity index is 2.08. The van der Waals surface area contributed by atoms with E-state index in [2.05, 4.69) is 10.2 Å². The second-order valence-electron chi connectivity index (χ2n) is 5.31. The van der Waals surface area contributed by atoms with Gasteiger partial charge in [0.05, 0.1) is 6.61 Å². The Labute approximate surface area is 128 Å². The van der Waals surface area contributed by atoms with Crippen molar-refractivity contribution in [1.29, 1.82) is 0 Å². The highest BCUT2D eigenvalue weighted by molar-refractivity contribution is 5.42. The molecule has 2 heterocycles. The van der Waals surface area contributed by atoms with Gasteiger partial charge in [-0.05, 0) is 31.2 Å². The zero-order valence-electron chi connectivity index (χ0n) is 12.9. The van der Waals surface area contributed by atoms with E-state index in [1.54, 1.807) is 15.2 Å². The number of fused-ring (bicyclic) bond motifs is 1. The number of hydrogen-bond acceptors (Lipinski definition) is 4. The van der Waals surface area contributed by atoms with Gasteiger partial charge in [0.15, 0.2) is 0 Å². The van der Waals surface area contributed by atoms with Crippen molar-refractivity contribution in [3.8, 4) is 11.4 Å². The third-order valence-electron chi connectivity index (χ3n) is 3.44. The topological polar surface area (TPSA) is 61.4 Å². The van der Waals surface area contributed by atoms with Gasteiger partial charge in [-0.15, -0.1) is 10.2 Å². The molecule has 2 aromatic heterocycles. The van der Waals surface area contributed by atoms with Gasteiger partial charge in [-0.3, -0.25) is 13.8 Å². The number of rotatable bonds is 4. The zero-order valence-corrected chi connectivity index (χ0v) is 12.9. The van der Waals surface area contributed by atoms with Crippen molar-refractivity contribution in [2.75, 3.05) is 6.61 Å². The molecule has 3 rings (SSSR count). The van der Waals surface area contributed by atoms with Gasteiger partial charge in [-0.25, -0.2) is 0 Å². The van der Waals surface area contributed by atoms with E-state index >= 15 is 0 Å². The molecular weight excluding hydrogens is 280 g/mol. The van der Waals surface area contributed by atoms with Crippen LogP contribution in [0.15, 0.2) is 41.5 Å². The van der Waals surface area contributed by atoms with Gasteiger partial charge >= 0.3 is 5.56 Å². The fourth-order valence-corrected chi connectivity index (χ4v) is 2.37. The van der Waals surface area contributed by atoms with Crippen LogP contribution in [0.2, 0.25) is 0 Å². The summed E-state index contributed by atoms with van der Waals surface area (Å²) in [6, 6.07) is 7.39. The van der Waals surface area contributed by atoms with Gasteiger partial charge < -0.3 is 4.74 Å². The number of ether oxygens (including phenoxy) is 1. The molecule has 3 aromatic rings. The van der Waals surface area contributed by atoms with Crippen molar-refractivity contribution < 1.29 is 4.74 Å². The highest BCUT2D eigenvalue weighted by atomic mass is 16.5. The predicted molar refractivity (Wildman–Crippen MR) is 83.8 cm³/mol. The average Bonchev–Trinajstić information content (AvgIpc) is 2.94. The monoisotopic (exact) mass is 298 g/mol. The number of benzene rings is 1. The van der Waals surface area contributed by atoms with Crippen molar-refractivity contribution in [1.82, 2.24) is 19.2 Å². The summed E-state index contributed by atoms with van der Waals surface area (Å²) in [5.74, 6) is 1.77. The Morgan fingerprint density at radius 3 is 2.50 bits per heavy atom. The van der Waals surface area contributed by atoms with E-state index in [1.165, 1.54) is 0 Å². The molecule has 0 aliphatic heterocycles. The maximum absolute atomic E-state index is 12.6. The maximum Gasteiger partial charge on any atom is 0.300 e. The molecule has 6 nitrogen and oxygen atoms in total. The average molecular weight is 298 g/mol. The number of nitrogens with zero attached hydrogens (tertiary/aromatic N) is 4. The molecule has 0 radical (unpaired) electrons. The molecule has 0 saturated heterocycles. The fraction of sp³-hybridized carbons (Fsp3) is 0.312. The largest absolute Gasteiger partial charge is 0.494 e. The van der Waals surface area contributed by atoms with Crippen LogP contribution in [0.25, 0.3) is 11.3 Å². The Kier molecular flexibility index (Phi) is 3.66. The zero-order chi connectivity index (χ0) is 15.7. The predicted octanol–water partition coefficient (Wildman–Crippen LogP) is 2.40. The van der Waals surface area contributed by atoms with Crippen LogP contribution in [0.1, 0.15) is 32.5 Å². The molecule has 0 bridgehead atoms. The number of hydrogen-bond donors (Lipinski definition) is 0. The van der Waals surface area contributed by atoms with Crippen LogP contribution in [0, 0.1) is 0 Å². The highest BCUT2D eigenvalue weighted by Crippen LogP contribution is 2.15. The van der Waals surface area contributed by atoms with E-state index in [4.69, 9.17) is 4.74 Å². The summed E-state index contributed by atoms with van der Waals surface area (Å²) in [4.78, 5) is 12.6. The first-order chi connectivity index (χ1) is 10.6. The molecular formula is C16H18N4O2. The smallest absolute Gasteiger partial charge is 0.300 e. The normalized spacial score (nSPS) is 11.3. The fourth-order valence-electron chi connectivity index (χ4n) is 2.37. The minimum atomic E-state index is -0.189. The van der Waals surface area contributed by atoms with Gasteiger partial charge in [0.2, 0.25) is 5.65 Å². The Bertz CT molecular complexity index is 847. The van der Waals surface area contributed by atoms with Crippen LogP contribution in [0.3, 0.4) is 0 Å². The minimum absolute atomic E-state index is 0.189. The maximum atomic E-state index is 12.6. The quantitative estimate of drug-likeness (QED) is 0.742. The Morgan fingerprint density at radius 1 is 1.14 bits per heavy atom. The van der Waals surface area contributed by atoms with E-state index in [0.29, 0.717) is 12.3 Å². The molecule has 22 heavy (non-hydrogen) atoms. The second-order valence-corrected chi connectivity index (χ2v) is 5.31. The second kappa shape index (κ2) is 5.63. The summed E-state index contributed by atoms with van der Waals surface area (Å²) in [6.45, 7) is 6.59. The molecule has 0 N–H and O–H groups in total. The molecule has 114 valence electrons. The van der Waals surface area contributed by atoms with Crippen LogP contribution in [0.5, 0.6) is 5.75 Å². The first-order valence-corrected chi connectivity index (χ1v) is 7.31. The van der Waals surface area contributed by atoms with Gasteiger partial charge in [0.25, 0.3) is 0 Å². The molecule has 0 unspecified atom stereocenters. The van der Waals surface area contributed by atoms with E-state index < -0.39 is 0 Å². The van der Waals surface area contributed by atoms with E-state index in [-0.39, 0.29) is 11.5 Å². The lowest BCUT2D eigenvalue weighted by Gasteiger charge is -2.08. The summed E-state index contributed by atoms with van der Waals surface area (Å²) < 4.78 is 8.72. The summed E-state index contributed by atoms with van der Waals surface area (Å²) in [5, 5.41) is 8.14. The van der Waals surface area contributed by atoms with Gasteiger partial charge in [-0.2, -0.15) is 0 Å². The minimum Gasteiger partial charge on any atom is -0.494 e. The third-order valence-corrected chi connectivity index (χ3v) is 3.44. The van der Waals surface area contributed by atoms with Crippen LogP contribution >= 0.6 is 0 Å². The highest BCUT2D eigenvalue weighted by Gasteiger charge is 2.13. The Hall–Kier alpha value is -2.63. The third kappa shape index (κ3) is 2.36. The molecule has 0 atom stereocenters. The van der Waals surface area contributed by atoms with E-state index in [1.807, 2.05) is 51.2 Å². The molecule has 0 spiro atoms. The lowest BCUT2D eigenvalue weighted by molar-refractivity contribution is 0.340. The first kappa shape index (κ1) is 14.3. The van der Waals surface area contributed by atoms with Gasteiger partial charge in [-0.1, -0.05) is 13.8 Å². The van der Waals surface area contributed by atoms with Gasteiger partial charge in [0, 0.05) is 24.0 Å². The van der Waals surface area contributed by atoms with Gasteiger partial charge in [0.1, 0.15) is 11.6 Å². The van der Waals surface area contributed by atoms with Crippen LogP contribution in [0.4, 0.5) is 0 Å². The lowest BCUT2D eigenvalue weighted by atomic mass is 10.2. The lowest BCUT2D eigenvalue weighted by Crippen LogP contribution is -2.20. The van der Waals surface area contributed by atoms with E-state index in [9.17, 15) is 4.79 Å². The van der Waals surface area contributed by atoms with Crippen molar-refractivity contribution in [2.45, 2.75) is 26.7 Å². The molecule has 0 aliphatic carbocycles. The summed E-state index contributed by atoms with van der Waals surface area (Å²) in [7, 11) is 0. The van der Waals surface area contributed by atoms with Crippen molar-refractivity contribution in [3.63, 3.8) is 0 Å². The molecule has 0 fully saturated rings. The first-order valence-electron chi connectivity index (χ1n) is 7.31.